The van der Waals surface area contributed by atoms with E-state index in [4.69, 9.17) is 15.2 Å². The van der Waals surface area contributed by atoms with E-state index in [1.807, 2.05) is 30.5 Å². The van der Waals surface area contributed by atoms with Crippen molar-refractivity contribution in [3.8, 4) is 11.5 Å². The first kappa shape index (κ1) is 14.4. The van der Waals surface area contributed by atoms with Crippen LogP contribution in [0.3, 0.4) is 0 Å². The Morgan fingerprint density at radius 3 is 2.68 bits per heavy atom. The van der Waals surface area contributed by atoms with Crippen LogP contribution >= 0.6 is 27.3 Å². The molecular weight excluding hydrogens is 326 g/mol. The summed E-state index contributed by atoms with van der Waals surface area (Å²) >= 11 is 5.10. The molecule has 0 amide bonds. The van der Waals surface area contributed by atoms with Gasteiger partial charge < -0.3 is 15.2 Å². The van der Waals surface area contributed by atoms with Crippen LogP contribution in [0.5, 0.6) is 11.5 Å². The van der Waals surface area contributed by atoms with Crippen LogP contribution in [0.15, 0.2) is 34.1 Å². The number of hydrogen-bond donors (Lipinski definition) is 1. The van der Waals surface area contributed by atoms with E-state index in [-0.39, 0.29) is 0 Å². The molecule has 0 radical (unpaired) electrons. The van der Waals surface area contributed by atoms with Crippen LogP contribution in [-0.2, 0) is 13.2 Å². The number of halogens is 1. The molecule has 1 heterocycles. The molecular formula is C14H16BrNO2S. The maximum Gasteiger partial charge on any atom is 0.161 e. The number of ether oxygens (including phenoxy) is 2. The van der Waals surface area contributed by atoms with Gasteiger partial charge in [-0.25, -0.2) is 0 Å². The van der Waals surface area contributed by atoms with Crippen LogP contribution in [0.2, 0.25) is 0 Å². The van der Waals surface area contributed by atoms with E-state index in [1.165, 1.54) is 0 Å². The van der Waals surface area contributed by atoms with Gasteiger partial charge in [-0.05, 0) is 46.6 Å². The van der Waals surface area contributed by atoms with E-state index in [2.05, 4.69) is 22.0 Å². The van der Waals surface area contributed by atoms with E-state index in [0.29, 0.717) is 19.8 Å². The van der Waals surface area contributed by atoms with E-state index in [1.54, 1.807) is 11.3 Å². The monoisotopic (exact) mass is 341 g/mol. The van der Waals surface area contributed by atoms with Crippen molar-refractivity contribution in [3.63, 3.8) is 0 Å². The van der Waals surface area contributed by atoms with Gasteiger partial charge >= 0.3 is 0 Å². The fourth-order valence-electron chi connectivity index (χ4n) is 1.65. The summed E-state index contributed by atoms with van der Waals surface area (Å²) in [7, 11) is 0. The Bertz CT molecular complexity index is 542. The molecule has 2 aromatic rings. The summed E-state index contributed by atoms with van der Waals surface area (Å²) in [4.78, 5) is 1.16. The van der Waals surface area contributed by atoms with Crippen molar-refractivity contribution in [3.05, 3.63) is 44.6 Å². The largest absolute Gasteiger partial charge is 0.490 e. The first-order chi connectivity index (χ1) is 9.22. The topological polar surface area (TPSA) is 44.5 Å². The smallest absolute Gasteiger partial charge is 0.161 e. The summed E-state index contributed by atoms with van der Waals surface area (Å²) in [6.07, 6.45) is 0. The molecule has 2 rings (SSSR count). The molecule has 0 spiro atoms. The van der Waals surface area contributed by atoms with Crippen LogP contribution in [0.1, 0.15) is 17.4 Å². The van der Waals surface area contributed by atoms with Crippen molar-refractivity contribution in [2.75, 3.05) is 6.61 Å². The lowest BCUT2D eigenvalue weighted by Crippen LogP contribution is -2.01. The maximum absolute atomic E-state index is 5.81. The van der Waals surface area contributed by atoms with Crippen LogP contribution in [0.4, 0.5) is 0 Å². The highest BCUT2D eigenvalue weighted by molar-refractivity contribution is 9.10. The predicted octanol–water partition coefficient (Wildman–Crippen LogP) is 3.95. The van der Waals surface area contributed by atoms with Gasteiger partial charge in [0.2, 0.25) is 0 Å². The zero-order valence-corrected chi connectivity index (χ0v) is 13.1. The quantitative estimate of drug-likeness (QED) is 0.865. The Balaban J connectivity index is 2.10. The zero-order valence-electron chi connectivity index (χ0n) is 10.7. The zero-order chi connectivity index (χ0) is 13.7. The molecule has 0 fully saturated rings. The van der Waals surface area contributed by atoms with E-state index < -0.39 is 0 Å². The van der Waals surface area contributed by atoms with E-state index >= 15 is 0 Å². The van der Waals surface area contributed by atoms with Crippen molar-refractivity contribution in [2.24, 2.45) is 5.73 Å². The van der Waals surface area contributed by atoms with Crippen molar-refractivity contribution >= 4 is 27.3 Å². The number of benzene rings is 1. The van der Waals surface area contributed by atoms with Gasteiger partial charge in [0.1, 0.15) is 6.61 Å². The second-order valence-electron chi connectivity index (χ2n) is 3.94. The van der Waals surface area contributed by atoms with E-state index in [0.717, 1.165) is 26.4 Å². The standard InChI is InChI=1S/C14H16BrNO2S/c1-2-17-14-5-10(7-16)3-4-13(14)18-8-12-6-11(15)9-19-12/h3-6,9H,2,7-8,16H2,1H3. The lowest BCUT2D eigenvalue weighted by Gasteiger charge is -2.12. The Morgan fingerprint density at radius 2 is 2.05 bits per heavy atom. The fraction of sp³-hybridized carbons (Fsp3) is 0.286. The average molecular weight is 342 g/mol. The second-order valence-corrected chi connectivity index (χ2v) is 5.85. The molecule has 0 bridgehead atoms. The Kier molecular flexibility index (Phi) is 5.24. The molecule has 0 unspecified atom stereocenters. The van der Waals surface area contributed by atoms with Crippen molar-refractivity contribution in [1.82, 2.24) is 0 Å². The van der Waals surface area contributed by atoms with Gasteiger partial charge in [-0.1, -0.05) is 6.07 Å². The molecule has 3 nitrogen and oxygen atoms in total. The normalized spacial score (nSPS) is 10.5. The van der Waals surface area contributed by atoms with Gasteiger partial charge in [0.15, 0.2) is 11.5 Å². The van der Waals surface area contributed by atoms with Crippen molar-refractivity contribution < 1.29 is 9.47 Å². The number of thiophene rings is 1. The Hall–Kier alpha value is -1.04. The minimum atomic E-state index is 0.498. The lowest BCUT2D eigenvalue weighted by molar-refractivity contribution is 0.271. The van der Waals surface area contributed by atoms with Crippen LogP contribution in [0, 0.1) is 0 Å². The minimum absolute atomic E-state index is 0.498. The summed E-state index contributed by atoms with van der Waals surface area (Å²) in [6, 6.07) is 7.86. The molecule has 0 aliphatic heterocycles. The van der Waals surface area contributed by atoms with Gasteiger partial charge in [0.05, 0.1) is 6.61 Å². The third-order valence-corrected chi connectivity index (χ3v) is 4.21. The lowest BCUT2D eigenvalue weighted by atomic mass is 10.2. The molecule has 1 aromatic heterocycles. The Morgan fingerprint density at radius 1 is 1.21 bits per heavy atom. The van der Waals surface area contributed by atoms with Crippen LogP contribution < -0.4 is 15.2 Å². The molecule has 5 heteroatoms. The Labute approximate surface area is 125 Å². The highest BCUT2D eigenvalue weighted by atomic mass is 79.9. The van der Waals surface area contributed by atoms with Gasteiger partial charge in [0, 0.05) is 21.3 Å². The molecule has 0 aliphatic rings. The molecule has 0 saturated heterocycles. The SMILES string of the molecule is CCOc1cc(CN)ccc1OCc1cc(Br)cs1. The van der Waals surface area contributed by atoms with Crippen molar-refractivity contribution in [2.45, 2.75) is 20.1 Å². The van der Waals surface area contributed by atoms with Crippen LogP contribution in [0.25, 0.3) is 0 Å². The third kappa shape index (κ3) is 3.96. The highest BCUT2D eigenvalue weighted by Gasteiger charge is 2.07. The summed E-state index contributed by atoms with van der Waals surface area (Å²) in [5.41, 5.74) is 6.67. The summed E-state index contributed by atoms with van der Waals surface area (Å²) in [6.45, 7) is 3.60. The molecule has 0 saturated carbocycles. The minimum Gasteiger partial charge on any atom is -0.490 e. The molecule has 19 heavy (non-hydrogen) atoms. The molecule has 102 valence electrons. The molecule has 1 aromatic carbocycles. The average Bonchev–Trinajstić information content (AvgIpc) is 2.83. The van der Waals surface area contributed by atoms with Gasteiger partial charge in [-0.15, -0.1) is 11.3 Å². The first-order valence-corrected chi connectivity index (χ1v) is 7.71. The summed E-state index contributed by atoms with van der Waals surface area (Å²) in [5.74, 6) is 1.50. The van der Waals surface area contributed by atoms with Gasteiger partial charge in [-0.2, -0.15) is 0 Å². The van der Waals surface area contributed by atoms with Crippen LogP contribution in [-0.4, -0.2) is 6.61 Å². The molecule has 0 aliphatic carbocycles. The van der Waals surface area contributed by atoms with E-state index in [9.17, 15) is 0 Å². The number of rotatable bonds is 6. The maximum atomic E-state index is 5.81. The third-order valence-electron chi connectivity index (χ3n) is 2.54. The predicted molar refractivity (Wildman–Crippen MR) is 81.9 cm³/mol. The summed E-state index contributed by atoms with van der Waals surface area (Å²) < 4.78 is 12.5. The summed E-state index contributed by atoms with van der Waals surface area (Å²) in [5, 5.41) is 2.04. The first-order valence-electron chi connectivity index (χ1n) is 6.04. The van der Waals surface area contributed by atoms with Gasteiger partial charge in [-0.3, -0.25) is 0 Å². The highest BCUT2D eigenvalue weighted by Crippen LogP contribution is 2.30. The molecule has 0 atom stereocenters. The number of nitrogens with two attached hydrogens (primary N) is 1. The second kappa shape index (κ2) is 6.93. The van der Waals surface area contributed by atoms with Gasteiger partial charge in [0.25, 0.3) is 0 Å². The number of hydrogen-bond acceptors (Lipinski definition) is 4. The fourth-order valence-corrected chi connectivity index (χ4v) is 3.01. The molecule has 2 N–H and O–H groups in total. The van der Waals surface area contributed by atoms with Crippen molar-refractivity contribution in [1.29, 1.82) is 0 Å².